The molecule has 3 N–H and O–H groups in total. The van der Waals surface area contributed by atoms with Gasteiger partial charge >= 0.3 is 6.03 Å². The van der Waals surface area contributed by atoms with E-state index in [0.29, 0.717) is 19.0 Å². The molecule has 23 heavy (non-hydrogen) atoms. The van der Waals surface area contributed by atoms with Crippen LogP contribution in [0.2, 0.25) is 0 Å². The topological polar surface area (TPSA) is 106 Å². The van der Waals surface area contributed by atoms with Crippen LogP contribution in [0.4, 0.5) is 4.79 Å². The smallest absolute Gasteiger partial charge is 0.317 e. The maximum Gasteiger partial charge on any atom is 0.317 e. The molecule has 2 amide bonds. The molecule has 1 saturated heterocycles. The van der Waals surface area contributed by atoms with E-state index in [-0.39, 0.29) is 19.1 Å². The number of carbonyl (C=O) groups is 2. The Kier molecular flexibility index (Phi) is 8.63. The first-order valence-corrected chi connectivity index (χ1v) is 7.43. The highest BCUT2D eigenvalue weighted by Gasteiger charge is 2.32. The zero-order valence-electron chi connectivity index (χ0n) is 13.3. The highest BCUT2D eigenvalue weighted by molar-refractivity contribution is 5.75. The quantitative estimate of drug-likeness (QED) is 0.627. The molecule has 0 aromatic carbocycles. The van der Waals surface area contributed by atoms with Crippen molar-refractivity contribution in [1.29, 1.82) is 0 Å². The van der Waals surface area contributed by atoms with E-state index >= 15 is 0 Å². The minimum atomic E-state index is -0.250. The molecule has 0 spiro atoms. The first kappa shape index (κ1) is 18.9. The summed E-state index contributed by atoms with van der Waals surface area (Å²) in [5.74, 6) is 0.360. The number of hydrogen-bond donors (Lipinski definition) is 3. The lowest BCUT2D eigenvalue weighted by Gasteiger charge is -2.38. The van der Waals surface area contributed by atoms with Gasteiger partial charge in [-0.1, -0.05) is 6.07 Å². The molecule has 1 aromatic rings. The molecule has 128 valence electrons. The fraction of sp³-hybridized carbons (Fsp3) is 0.533. The van der Waals surface area contributed by atoms with Gasteiger partial charge in [0, 0.05) is 50.5 Å². The lowest BCUT2D eigenvalue weighted by atomic mass is 9.96. The lowest BCUT2D eigenvalue weighted by molar-refractivity contribution is -0.122. The molecular weight excluding hydrogens is 300 g/mol. The van der Waals surface area contributed by atoms with Crippen LogP contribution in [0.15, 0.2) is 24.4 Å². The van der Waals surface area contributed by atoms with E-state index < -0.39 is 0 Å². The van der Waals surface area contributed by atoms with Crippen LogP contribution in [-0.2, 0) is 4.79 Å². The zero-order chi connectivity index (χ0) is 17.1. The van der Waals surface area contributed by atoms with Crippen molar-refractivity contribution >= 4 is 12.5 Å². The maximum absolute atomic E-state index is 11.9. The van der Waals surface area contributed by atoms with Gasteiger partial charge in [0.15, 0.2) is 0 Å². The van der Waals surface area contributed by atoms with Gasteiger partial charge in [-0.2, -0.15) is 0 Å². The van der Waals surface area contributed by atoms with Crippen LogP contribution in [-0.4, -0.2) is 83.9 Å². The largest absolute Gasteiger partial charge is 0.483 e. The fourth-order valence-electron chi connectivity index (χ4n) is 2.20. The Labute approximate surface area is 135 Å². The monoisotopic (exact) mass is 324 g/mol. The number of pyridine rings is 1. The van der Waals surface area contributed by atoms with Crippen molar-refractivity contribution in [2.45, 2.75) is 5.92 Å². The summed E-state index contributed by atoms with van der Waals surface area (Å²) in [6, 6.07) is 5.86. The highest BCUT2D eigenvalue weighted by Crippen LogP contribution is 2.24. The van der Waals surface area contributed by atoms with Crippen LogP contribution < -0.4 is 5.32 Å². The molecule has 0 radical (unpaired) electrons. The Morgan fingerprint density at radius 1 is 1.48 bits per heavy atom. The maximum atomic E-state index is 11.9. The molecule has 8 heteroatoms. The molecule has 0 unspecified atom stereocenters. The van der Waals surface area contributed by atoms with Crippen molar-refractivity contribution < 1.29 is 19.8 Å². The minimum absolute atomic E-state index is 0.0189. The number of likely N-dealkylation sites (tertiary alicyclic amines) is 1. The van der Waals surface area contributed by atoms with E-state index in [2.05, 4.69) is 10.3 Å². The summed E-state index contributed by atoms with van der Waals surface area (Å²) in [5, 5.41) is 18.6. The number of aromatic nitrogens is 1. The van der Waals surface area contributed by atoms with E-state index in [1.54, 1.807) is 11.1 Å². The van der Waals surface area contributed by atoms with Crippen LogP contribution in [0.5, 0.6) is 0 Å². The number of carbonyl (C=O) groups excluding carboxylic acids is 1. The summed E-state index contributed by atoms with van der Waals surface area (Å²) in [6.07, 6.45) is 1.79. The second-order valence-electron chi connectivity index (χ2n) is 5.22. The van der Waals surface area contributed by atoms with Gasteiger partial charge in [0.25, 0.3) is 6.47 Å². The van der Waals surface area contributed by atoms with E-state index in [4.69, 9.17) is 15.0 Å². The Balaban J connectivity index is 0.000000816. The Morgan fingerprint density at radius 3 is 2.74 bits per heavy atom. The van der Waals surface area contributed by atoms with Crippen molar-refractivity contribution in [2.75, 3.05) is 46.4 Å². The molecule has 0 bridgehead atoms. The molecule has 0 aliphatic carbocycles. The number of likely N-dealkylation sites (N-methyl/N-ethyl adjacent to an activating group) is 1. The van der Waals surface area contributed by atoms with Crippen LogP contribution >= 0.6 is 0 Å². The Morgan fingerprint density at radius 2 is 2.17 bits per heavy atom. The summed E-state index contributed by atoms with van der Waals surface area (Å²) in [7, 11) is 1.92. The molecule has 8 nitrogen and oxygen atoms in total. The number of nitrogens with one attached hydrogen (secondary N) is 1. The van der Waals surface area contributed by atoms with Gasteiger partial charge in [-0.25, -0.2) is 4.79 Å². The molecule has 1 aromatic heterocycles. The van der Waals surface area contributed by atoms with Gasteiger partial charge in [0.05, 0.1) is 6.61 Å². The molecule has 1 aliphatic rings. The molecule has 2 heterocycles. The fourth-order valence-corrected chi connectivity index (χ4v) is 2.20. The molecule has 0 atom stereocenters. The van der Waals surface area contributed by atoms with Gasteiger partial charge in [-0.3, -0.25) is 9.78 Å². The summed E-state index contributed by atoms with van der Waals surface area (Å²) in [6.45, 7) is 3.32. The molecule has 0 saturated carbocycles. The third-order valence-electron chi connectivity index (χ3n) is 3.53. The predicted molar refractivity (Wildman–Crippen MR) is 85.2 cm³/mol. The van der Waals surface area contributed by atoms with Crippen molar-refractivity contribution in [3.8, 4) is 0 Å². The Hall–Kier alpha value is -2.19. The number of nitrogens with zero attached hydrogens (tertiary/aromatic N) is 3. The lowest BCUT2D eigenvalue weighted by Crippen LogP contribution is -2.53. The standard InChI is InChI=1S/C14H22N4O2.CH2O2/c1-17(8-9-19)7-6-16-14(20)18-10-12(11-18)13-4-2-3-5-15-13;2-1-3/h2-5,12,19H,6-11H2,1H3,(H,16,20);1H,(H,2,3). The van der Waals surface area contributed by atoms with Gasteiger partial charge < -0.3 is 25.3 Å². The Bertz CT molecular complexity index is 466. The molecule has 1 fully saturated rings. The number of carboxylic acid groups (broad SMARTS) is 1. The predicted octanol–water partition coefficient (Wildman–Crippen LogP) is -0.185. The van der Waals surface area contributed by atoms with Crippen LogP contribution in [0.25, 0.3) is 0 Å². The second kappa shape index (κ2) is 10.5. The third-order valence-corrected chi connectivity index (χ3v) is 3.53. The summed E-state index contributed by atoms with van der Waals surface area (Å²) >= 11 is 0. The average molecular weight is 324 g/mol. The zero-order valence-corrected chi connectivity index (χ0v) is 13.3. The van der Waals surface area contributed by atoms with Crippen molar-refractivity contribution in [2.24, 2.45) is 0 Å². The summed E-state index contributed by atoms with van der Waals surface area (Å²) in [5.41, 5.74) is 1.05. The van der Waals surface area contributed by atoms with Gasteiger partial charge in [-0.05, 0) is 19.2 Å². The number of amides is 2. The van der Waals surface area contributed by atoms with Crippen molar-refractivity contribution in [3.05, 3.63) is 30.1 Å². The van der Waals surface area contributed by atoms with Crippen molar-refractivity contribution in [3.63, 3.8) is 0 Å². The number of urea groups is 1. The summed E-state index contributed by atoms with van der Waals surface area (Å²) in [4.78, 5) is 28.3. The van der Waals surface area contributed by atoms with Crippen molar-refractivity contribution in [1.82, 2.24) is 20.1 Å². The van der Waals surface area contributed by atoms with Gasteiger partial charge in [-0.15, -0.1) is 0 Å². The average Bonchev–Trinajstić information content (AvgIpc) is 2.48. The molecular formula is C15H24N4O4. The van der Waals surface area contributed by atoms with E-state index in [9.17, 15) is 4.79 Å². The van der Waals surface area contributed by atoms with Crippen LogP contribution in [0.1, 0.15) is 11.6 Å². The van der Waals surface area contributed by atoms with E-state index in [0.717, 1.165) is 25.3 Å². The molecule has 1 aliphatic heterocycles. The van der Waals surface area contributed by atoms with E-state index in [1.807, 2.05) is 30.1 Å². The van der Waals surface area contributed by atoms with E-state index in [1.165, 1.54) is 0 Å². The summed E-state index contributed by atoms with van der Waals surface area (Å²) < 4.78 is 0. The van der Waals surface area contributed by atoms with Crippen LogP contribution in [0, 0.1) is 0 Å². The third kappa shape index (κ3) is 6.62. The second-order valence-corrected chi connectivity index (χ2v) is 5.22. The molecule has 2 rings (SSSR count). The van der Waals surface area contributed by atoms with Crippen LogP contribution in [0.3, 0.4) is 0 Å². The first-order valence-electron chi connectivity index (χ1n) is 7.43. The number of aliphatic hydroxyl groups excluding tert-OH is 1. The normalized spacial score (nSPS) is 13.8. The number of aliphatic hydroxyl groups is 1. The first-order chi connectivity index (χ1) is 11.1. The van der Waals surface area contributed by atoms with Gasteiger partial charge in [0.2, 0.25) is 0 Å². The van der Waals surface area contributed by atoms with Gasteiger partial charge in [0.1, 0.15) is 0 Å². The number of hydrogen-bond acceptors (Lipinski definition) is 5. The highest BCUT2D eigenvalue weighted by atomic mass is 16.3. The minimum Gasteiger partial charge on any atom is -0.483 e. The SMILES string of the molecule is CN(CCO)CCNC(=O)N1CC(c2ccccn2)C1.O=CO. The number of rotatable bonds is 6.